The summed E-state index contributed by atoms with van der Waals surface area (Å²) in [4.78, 5) is 0. The molecule has 1 N–H and O–H groups in total. The number of ether oxygens (including phenoxy) is 1. The summed E-state index contributed by atoms with van der Waals surface area (Å²) in [6.07, 6.45) is 0.972. The summed E-state index contributed by atoms with van der Waals surface area (Å²) in [5, 5.41) is 3.37. The standard InChI is InChI=1S/C14H19NO/c1-3-4-10-15-14(12-16-2)11-13-8-6-5-7-9-13/h5-9,14-15H,10-12H2,1-2H3. The first kappa shape index (κ1) is 12.8. The number of hydrogen-bond donors (Lipinski definition) is 1. The third-order valence-electron chi connectivity index (χ3n) is 2.35. The summed E-state index contributed by atoms with van der Waals surface area (Å²) in [5.74, 6) is 5.88. The Morgan fingerprint density at radius 3 is 2.69 bits per heavy atom. The Kier molecular flexibility index (Phi) is 6.32. The van der Waals surface area contributed by atoms with E-state index in [1.54, 1.807) is 7.11 Å². The van der Waals surface area contributed by atoms with Crippen molar-refractivity contribution in [2.75, 3.05) is 20.3 Å². The van der Waals surface area contributed by atoms with Crippen LogP contribution >= 0.6 is 0 Å². The molecular formula is C14H19NO. The topological polar surface area (TPSA) is 21.3 Å². The van der Waals surface area contributed by atoms with Gasteiger partial charge in [0.05, 0.1) is 13.2 Å². The predicted octanol–water partition coefficient (Wildman–Crippen LogP) is 1.86. The zero-order chi connectivity index (χ0) is 11.6. The minimum Gasteiger partial charge on any atom is -0.383 e. The lowest BCUT2D eigenvalue weighted by molar-refractivity contribution is 0.168. The van der Waals surface area contributed by atoms with Gasteiger partial charge in [-0.2, -0.15) is 0 Å². The van der Waals surface area contributed by atoms with Crippen molar-refractivity contribution < 1.29 is 4.74 Å². The van der Waals surface area contributed by atoms with Crippen LogP contribution in [0.15, 0.2) is 30.3 Å². The van der Waals surface area contributed by atoms with E-state index in [1.807, 2.05) is 13.0 Å². The summed E-state index contributed by atoms with van der Waals surface area (Å²) in [6.45, 7) is 3.28. The first-order chi connectivity index (χ1) is 7.86. The van der Waals surface area contributed by atoms with Crippen LogP contribution in [0.1, 0.15) is 12.5 Å². The van der Waals surface area contributed by atoms with Crippen molar-refractivity contribution in [2.24, 2.45) is 0 Å². The second-order valence-corrected chi connectivity index (χ2v) is 3.65. The van der Waals surface area contributed by atoms with Gasteiger partial charge in [0.25, 0.3) is 0 Å². The monoisotopic (exact) mass is 217 g/mol. The smallest absolute Gasteiger partial charge is 0.0619 e. The Bertz CT molecular complexity index is 337. The van der Waals surface area contributed by atoms with Crippen LogP contribution in [0.5, 0.6) is 0 Å². The Morgan fingerprint density at radius 2 is 2.06 bits per heavy atom. The van der Waals surface area contributed by atoms with Crippen molar-refractivity contribution in [3.05, 3.63) is 35.9 Å². The summed E-state index contributed by atoms with van der Waals surface area (Å²) < 4.78 is 5.20. The van der Waals surface area contributed by atoms with E-state index >= 15 is 0 Å². The Morgan fingerprint density at radius 1 is 1.31 bits per heavy atom. The molecule has 1 atom stereocenters. The van der Waals surface area contributed by atoms with Crippen LogP contribution in [0, 0.1) is 11.8 Å². The molecule has 2 nitrogen and oxygen atoms in total. The van der Waals surface area contributed by atoms with E-state index in [0.717, 1.165) is 13.0 Å². The Labute approximate surface area is 98.0 Å². The molecule has 0 saturated carbocycles. The maximum atomic E-state index is 5.20. The van der Waals surface area contributed by atoms with Crippen molar-refractivity contribution in [3.8, 4) is 11.8 Å². The molecule has 1 unspecified atom stereocenters. The van der Waals surface area contributed by atoms with Crippen LogP contribution in [0.3, 0.4) is 0 Å². The van der Waals surface area contributed by atoms with E-state index in [0.29, 0.717) is 12.6 Å². The molecule has 0 saturated heterocycles. The second-order valence-electron chi connectivity index (χ2n) is 3.65. The predicted molar refractivity (Wildman–Crippen MR) is 67.3 cm³/mol. The highest BCUT2D eigenvalue weighted by Gasteiger charge is 2.07. The lowest BCUT2D eigenvalue weighted by Gasteiger charge is -2.16. The number of methoxy groups -OCH3 is 1. The molecule has 86 valence electrons. The molecule has 0 aromatic heterocycles. The fraction of sp³-hybridized carbons (Fsp3) is 0.429. The zero-order valence-corrected chi connectivity index (χ0v) is 9.99. The first-order valence-corrected chi connectivity index (χ1v) is 5.52. The van der Waals surface area contributed by atoms with Crippen molar-refractivity contribution in [3.63, 3.8) is 0 Å². The van der Waals surface area contributed by atoms with Gasteiger partial charge in [0.2, 0.25) is 0 Å². The van der Waals surface area contributed by atoms with Gasteiger partial charge in [-0.3, -0.25) is 0 Å². The normalized spacial score (nSPS) is 11.6. The van der Waals surface area contributed by atoms with Crippen LogP contribution in [0.4, 0.5) is 0 Å². The van der Waals surface area contributed by atoms with Gasteiger partial charge in [-0.25, -0.2) is 0 Å². The number of nitrogens with one attached hydrogen (secondary N) is 1. The molecule has 0 aliphatic carbocycles. The molecule has 0 spiro atoms. The van der Waals surface area contributed by atoms with E-state index < -0.39 is 0 Å². The van der Waals surface area contributed by atoms with Gasteiger partial charge in [-0.1, -0.05) is 36.3 Å². The SMILES string of the molecule is CC#CCNC(COC)Cc1ccccc1. The number of hydrogen-bond acceptors (Lipinski definition) is 2. The summed E-state index contributed by atoms with van der Waals surface area (Å²) in [6, 6.07) is 10.8. The third kappa shape index (κ3) is 4.97. The number of rotatable bonds is 6. The van der Waals surface area contributed by atoms with Gasteiger partial charge in [-0.15, -0.1) is 5.92 Å². The van der Waals surface area contributed by atoms with Crippen LogP contribution in [-0.4, -0.2) is 26.3 Å². The van der Waals surface area contributed by atoms with Crippen molar-refractivity contribution >= 4 is 0 Å². The number of benzene rings is 1. The van der Waals surface area contributed by atoms with Gasteiger partial charge >= 0.3 is 0 Å². The lowest BCUT2D eigenvalue weighted by atomic mass is 10.1. The van der Waals surface area contributed by atoms with Crippen molar-refractivity contribution in [1.82, 2.24) is 5.32 Å². The average Bonchev–Trinajstić information content (AvgIpc) is 2.31. The Hall–Kier alpha value is -1.30. The largest absolute Gasteiger partial charge is 0.383 e. The van der Waals surface area contributed by atoms with Gasteiger partial charge in [0, 0.05) is 13.2 Å². The molecular weight excluding hydrogens is 198 g/mol. The summed E-state index contributed by atoms with van der Waals surface area (Å²) in [7, 11) is 1.73. The molecule has 16 heavy (non-hydrogen) atoms. The van der Waals surface area contributed by atoms with Crippen LogP contribution in [-0.2, 0) is 11.2 Å². The van der Waals surface area contributed by atoms with Gasteiger partial charge < -0.3 is 10.1 Å². The van der Waals surface area contributed by atoms with Gasteiger partial charge in [0.1, 0.15) is 0 Å². The molecule has 0 heterocycles. The molecule has 0 amide bonds. The fourth-order valence-electron chi connectivity index (χ4n) is 1.57. The van der Waals surface area contributed by atoms with Crippen molar-refractivity contribution in [2.45, 2.75) is 19.4 Å². The zero-order valence-electron chi connectivity index (χ0n) is 9.99. The van der Waals surface area contributed by atoms with E-state index in [-0.39, 0.29) is 0 Å². The van der Waals surface area contributed by atoms with Crippen LogP contribution < -0.4 is 5.32 Å². The molecule has 0 fully saturated rings. The maximum absolute atomic E-state index is 5.20. The minimum absolute atomic E-state index is 0.327. The van der Waals surface area contributed by atoms with E-state index in [1.165, 1.54) is 5.56 Å². The molecule has 0 aliphatic rings. The maximum Gasteiger partial charge on any atom is 0.0619 e. The quantitative estimate of drug-likeness (QED) is 0.734. The van der Waals surface area contributed by atoms with E-state index in [4.69, 9.17) is 4.74 Å². The van der Waals surface area contributed by atoms with Crippen molar-refractivity contribution in [1.29, 1.82) is 0 Å². The molecule has 0 aliphatic heterocycles. The molecule has 1 rings (SSSR count). The van der Waals surface area contributed by atoms with Gasteiger partial charge in [-0.05, 0) is 18.9 Å². The minimum atomic E-state index is 0.327. The second kappa shape index (κ2) is 7.92. The highest BCUT2D eigenvalue weighted by Crippen LogP contribution is 2.03. The van der Waals surface area contributed by atoms with Crippen LogP contribution in [0.2, 0.25) is 0 Å². The highest BCUT2D eigenvalue weighted by atomic mass is 16.5. The fourth-order valence-corrected chi connectivity index (χ4v) is 1.57. The van der Waals surface area contributed by atoms with Crippen LogP contribution in [0.25, 0.3) is 0 Å². The first-order valence-electron chi connectivity index (χ1n) is 5.52. The molecule has 0 radical (unpaired) electrons. The molecule has 1 aromatic carbocycles. The molecule has 1 aromatic rings. The highest BCUT2D eigenvalue weighted by molar-refractivity contribution is 5.16. The summed E-state index contributed by atoms with van der Waals surface area (Å²) in [5.41, 5.74) is 1.32. The molecule has 2 heteroatoms. The molecule has 0 bridgehead atoms. The van der Waals surface area contributed by atoms with Gasteiger partial charge in [0.15, 0.2) is 0 Å². The van der Waals surface area contributed by atoms with E-state index in [9.17, 15) is 0 Å². The van der Waals surface area contributed by atoms with E-state index in [2.05, 4.69) is 41.4 Å². The Balaban J connectivity index is 2.46. The summed E-state index contributed by atoms with van der Waals surface area (Å²) >= 11 is 0. The average molecular weight is 217 g/mol. The lowest BCUT2D eigenvalue weighted by Crippen LogP contribution is -2.35. The third-order valence-corrected chi connectivity index (χ3v) is 2.35.